The highest BCUT2D eigenvalue weighted by Gasteiger charge is 2.26. The topological polar surface area (TPSA) is 88.2 Å². The van der Waals surface area contributed by atoms with Crippen LogP contribution in [0.15, 0.2) is 48.8 Å². The van der Waals surface area contributed by atoms with Crippen molar-refractivity contribution in [3.63, 3.8) is 0 Å². The molecule has 0 aliphatic carbocycles. The Morgan fingerprint density at radius 1 is 1.21 bits per heavy atom. The van der Waals surface area contributed by atoms with Crippen molar-refractivity contribution in [3.8, 4) is 11.1 Å². The number of anilines is 1. The first kappa shape index (κ1) is 22.8. The minimum absolute atomic E-state index is 0.0540. The zero-order valence-corrected chi connectivity index (χ0v) is 19.0. The normalized spacial score (nSPS) is 16.2. The summed E-state index contributed by atoms with van der Waals surface area (Å²) in [6, 6.07) is 10.7. The van der Waals surface area contributed by atoms with E-state index in [4.69, 9.17) is 10.7 Å². The summed E-state index contributed by atoms with van der Waals surface area (Å²) in [6.07, 6.45) is 5.32. The largest absolute Gasteiger partial charge is 0.368 e. The Morgan fingerprint density at radius 2 is 1.97 bits per heavy atom. The fourth-order valence-electron chi connectivity index (χ4n) is 4.31. The second kappa shape index (κ2) is 10.0. The van der Waals surface area contributed by atoms with E-state index in [2.05, 4.69) is 16.0 Å². The minimum Gasteiger partial charge on any atom is -0.368 e. The van der Waals surface area contributed by atoms with Crippen LogP contribution < -0.4 is 5.73 Å². The highest BCUT2D eigenvalue weighted by Crippen LogP contribution is 2.29. The van der Waals surface area contributed by atoms with E-state index < -0.39 is 0 Å². The number of nitrogens with two attached hydrogens (primary N) is 1. The molecule has 7 nitrogen and oxygen atoms in total. The van der Waals surface area contributed by atoms with E-state index in [0.717, 1.165) is 41.9 Å². The number of hydrogen-bond donors (Lipinski definition) is 1. The van der Waals surface area contributed by atoms with Gasteiger partial charge in [-0.1, -0.05) is 18.2 Å². The molecule has 2 aromatic heterocycles. The van der Waals surface area contributed by atoms with Gasteiger partial charge in [0.2, 0.25) is 11.9 Å². The van der Waals surface area contributed by atoms with Gasteiger partial charge in [0, 0.05) is 60.5 Å². The number of halogens is 1. The van der Waals surface area contributed by atoms with Crippen molar-refractivity contribution in [2.75, 3.05) is 32.4 Å². The van der Waals surface area contributed by atoms with Crippen LogP contribution in [0.3, 0.4) is 0 Å². The van der Waals surface area contributed by atoms with Gasteiger partial charge in [0.25, 0.3) is 0 Å². The number of hydrogen-bond acceptors (Lipinski definition) is 6. The molecule has 1 aliphatic heterocycles. The third-order valence-corrected chi connectivity index (χ3v) is 5.97. The maximum atomic E-state index is 13.9. The number of likely N-dealkylation sites (N-methyl/N-ethyl adjacent to an activating group) is 1. The maximum absolute atomic E-state index is 13.9. The monoisotopic (exact) mass is 448 g/mol. The van der Waals surface area contributed by atoms with Crippen molar-refractivity contribution in [2.24, 2.45) is 0 Å². The lowest BCUT2D eigenvalue weighted by Crippen LogP contribution is -2.43. The number of piperidine rings is 1. The van der Waals surface area contributed by atoms with Gasteiger partial charge in [-0.3, -0.25) is 14.7 Å². The molecule has 0 saturated carbocycles. The van der Waals surface area contributed by atoms with E-state index in [9.17, 15) is 9.18 Å². The summed E-state index contributed by atoms with van der Waals surface area (Å²) in [4.78, 5) is 29.7. The molecule has 1 saturated heterocycles. The molecule has 1 aliphatic rings. The Labute approximate surface area is 193 Å². The molecule has 0 radical (unpaired) electrons. The van der Waals surface area contributed by atoms with Crippen molar-refractivity contribution in [2.45, 2.75) is 32.2 Å². The van der Waals surface area contributed by atoms with Crippen LogP contribution >= 0.6 is 0 Å². The van der Waals surface area contributed by atoms with Crippen LogP contribution in [0, 0.1) is 12.7 Å². The summed E-state index contributed by atoms with van der Waals surface area (Å²) in [5, 5.41) is 0. The van der Waals surface area contributed by atoms with Gasteiger partial charge < -0.3 is 10.6 Å². The van der Waals surface area contributed by atoms with Crippen LogP contribution in [0.25, 0.3) is 11.1 Å². The Hall–Kier alpha value is -3.39. The second-order valence-corrected chi connectivity index (χ2v) is 8.69. The molecule has 33 heavy (non-hydrogen) atoms. The summed E-state index contributed by atoms with van der Waals surface area (Å²) in [7, 11) is 1.84. The molecule has 1 amide bonds. The fraction of sp³-hybridized carbons (Fsp3) is 0.360. The number of amides is 1. The summed E-state index contributed by atoms with van der Waals surface area (Å²) in [6.45, 7) is 3.96. The molecule has 8 heteroatoms. The number of benzene rings is 1. The molecule has 2 N–H and O–H groups in total. The van der Waals surface area contributed by atoms with Crippen LogP contribution in [0.4, 0.5) is 10.3 Å². The second-order valence-electron chi connectivity index (χ2n) is 8.69. The minimum atomic E-state index is -0.248. The molecule has 3 heterocycles. The third kappa shape index (κ3) is 5.70. The van der Waals surface area contributed by atoms with Gasteiger partial charge in [-0.05, 0) is 50.6 Å². The van der Waals surface area contributed by atoms with Crippen LogP contribution in [0.2, 0.25) is 0 Å². The van der Waals surface area contributed by atoms with Crippen molar-refractivity contribution < 1.29 is 9.18 Å². The molecular formula is C25H29FN6O. The number of likely N-dealkylation sites (tertiary alicyclic amines) is 1. The number of pyridine rings is 1. The van der Waals surface area contributed by atoms with Gasteiger partial charge in [0.1, 0.15) is 5.82 Å². The van der Waals surface area contributed by atoms with E-state index in [1.807, 2.05) is 35.9 Å². The zero-order valence-electron chi connectivity index (χ0n) is 19.0. The number of aromatic nitrogens is 3. The lowest BCUT2D eigenvalue weighted by molar-refractivity contribution is -0.133. The summed E-state index contributed by atoms with van der Waals surface area (Å²) < 4.78 is 13.9. The van der Waals surface area contributed by atoms with Crippen LogP contribution in [-0.2, 0) is 11.3 Å². The Morgan fingerprint density at radius 3 is 2.73 bits per heavy atom. The first-order valence-corrected chi connectivity index (χ1v) is 11.2. The van der Waals surface area contributed by atoms with Gasteiger partial charge in [-0.2, -0.15) is 0 Å². The summed E-state index contributed by atoms with van der Waals surface area (Å²) in [5.41, 5.74) is 9.96. The number of carbonyl (C=O) groups excluding carboxylic acids is 1. The number of carbonyl (C=O) groups is 1. The molecule has 1 aromatic carbocycles. The first-order valence-electron chi connectivity index (χ1n) is 11.2. The smallest absolute Gasteiger partial charge is 0.236 e. The summed E-state index contributed by atoms with van der Waals surface area (Å²) in [5.74, 6) is 0.208. The van der Waals surface area contributed by atoms with E-state index in [0.29, 0.717) is 18.7 Å². The quantitative estimate of drug-likeness (QED) is 0.622. The molecule has 3 aromatic rings. The number of rotatable bonds is 6. The Bertz CT molecular complexity index is 1120. The van der Waals surface area contributed by atoms with Crippen LogP contribution in [-0.4, -0.2) is 57.3 Å². The van der Waals surface area contributed by atoms with E-state index in [1.54, 1.807) is 24.5 Å². The summed E-state index contributed by atoms with van der Waals surface area (Å²) >= 11 is 0. The predicted octanol–water partition coefficient (Wildman–Crippen LogP) is 3.41. The Balaban J connectivity index is 1.43. The molecule has 172 valence electrons. The average molecular weight is 449 g/mol. The fourth-order valence-corrected chi connectivity index (χ4v) is 4.31. The highest BCUT2D eigenvalue weighted by atomic mass is 19.1. The van der Waals surface area contributed by atoms with Gasteiger partial charge in [-0.15, -0.1) is 0 Å². The number of nitrogen functional groups attached to an aromatic ring is 1. The van der Waals surface area contributed by atoms with E-state index in [1.165, 1.54) is 6.07 Å². The highest BCUT2D eigenvalue weighted by molar-refractivity contribution is 5.78. The van der Waals surface area contributed by atoms with Crippen molar-refractivity contribution >= 4 is 11.9 Å². The first-order chi connectivity index (χ1) is 15.9. The maximum Gasteiger partial charge on any atom is 0.236 e. The van der Waals surface area contributed by atoms with Gasteiger partial charge in [0.15, 0.2) is 0 Å². The molecular weight excluding hydrogens is 419 g/mol. The molecule has 0 spiro atoms. The molecule has 0 unspecified atom stereocenters. The predicted molar refractivity (Wildman–Crippen MR) is 126 cm³/mol. The van der Waals surface area contributed by atoms with Crippen molar-refractivity contribution in [3.05, 3.63) is 71.6 Å². The van der Waals surface area contributed by atoms with Gasteiger partial charge in [0.05, 0.1) is 6.54 Å². The standard InChI is InChI=1S/C25H29FN6O/c1-17-10-20(21-12-28-25(27)29-13-21)11-23(30-17)19-7-5-9-32(15-19)24(33)16-31(2)14-18-6-3-4-8-22(18)26/h3-4,6,8,10-13,19H,5,7,9,14-16H2,1-2H3,(H2,27,28,29)/t19-/m1/s1. The van der Waals surface area contributed by atoms with Gasteiger partial charge >= 0.3 is 0 Å². The lowest BCUT2D eigenvalue weighted by atomic mass is 9.92. The lowest BCUT2D eigenvalue weighted by Gasteiger charge is -2.34. The molecule has 1 atom stereocenters. The number of nitrogens with zero attached hydrogens (tertiary/aromatic N) is 5. The van der Waals surface area contributed by atoms with Crippen LogP contribution in [0.1, 0.15) is 35.7 Å². The van der Waals surface area contributed by atoms with E-state index >= 15 is 0 Å². The Kier molecular flexibility index (Phi) is 6.93. The molecule has 4 rings (SSSR count). The SMILES string of the molecule is Cc1cc(-c2cnc(N)nc2)cc([C@@H]2CCCN(C(=O)CN(C)Cc3ccccc3F)C2)n1. The van der Waals surface area contributed by atoms with Crippen molar-refractivity contribution in [1.29, 1.82) is 0 Å². The van der Waals surface area contributed by atoms with Gasteiger partial charge in [-0.25, -0.2) is 14.4 Å². The average Bonchev–Trinajstić information content (AvgIpc) is 2.80. The van der Waals surface area contributed by atoms with Crippen LogP contribution in [0.5, 0.6) is 0 Å². The van der Waals surface area contributed by atoms with Crippen molar-refractivity contribution in [1.82, 2.24) is 24.8 Å². The molecule has 0 bridgehead atoms. The number of aryl methyl sites for hydroxylation is 1. The zero-order chi connectivity index (χ0) is 23.4. The third-order valence-electron chi connectivity index (χ3n) is 5.97. The van der Waals surface area contributed by atoms with E-state index in [-0.39, 0.29) is 30.1 Å². The molecule has 1 fully saturated rings.